The molecular formula is C26H25FN6O2. The lowest BCUT2D eigenvalue weighted by Gasteiger charge is -2.33. The fourth-order valence-corrected chi connectivity index (χ4v) is 4.61. The number of halogens is 1. The minimum absolute atomic E-state index is 0.353. The van der Waals surface area contributed by atoms with Crippen LogP contribution in [0.1, 0.15) is 41.3 Å². The van der Waals surface area contributed by atoms with Gasteiger partial charge in [0.25, 0.3) is 0 Å². The third-order valence-electron chi connectivity index (χ3n) is 6.26. The number of fused-ring (bicyclic) bond motifs is 1. The van der Waals surface area contributed by atoms with Crippen LogP contribution >= 0.6 is 0 Å². The molecule has 0 bridgehead atoms. The van der Waals surface area contributed by atoms with Crippen molar-refractivity contribution in [2.75, 3.05) is 7.11 Å². The highest BCUT2D eigenvalue weighted by Crippen LogP contribution is 2.38. The number of benzene rings is 2. The monoisotopic (exact) mass is 472 g/mol. The summed E-state index contributed by atoms with van der Waals surface area (Å²) in [7, 11) is 1.63. The number of methoxy groups -OCH3 is 1. The van der Waals surface area contributed by atoms with Gasteiger partial charge < -0.3 is 14.5 Å². The molecule has 0 aliphatic carbocycles. The molecule has 178 valence electrons. The fourth-order valence-electron chi connectivity index (χ4n) is 4.61. The second-order valence-corrected chi connectivity index (χ2v) is 8.53. The van der Waals surface area contributed by atoms with Crippen molar-refractivity contribution in [1.82, 2.24) is 24.3 Å². The Kier molecular flexibility index (Phi) is 5.90. The first-order valence-electron chi connectivity index (χ1n) is 11.3. The van der Waals surface area contributed by atoms with Gasteiger partial charge in [-0.3, -0.25) is 0 Å². The Morgan fingerprint density at radius 1 is 1.20 bits per heavy atom. The van der Waals surface area contributed by atoms with E-state index in [0.717, 1.165) is 23.4 Å². The van der Waals surface area contributed by atoms with Crippen LogP contribution in [-0.4, -0.2) is 42.8 Å². The molecule has 0 spiro atoms. The molecule has 0 radical (unpaired) electrons. The van der Waals surface area contributed by atoms with Crippen LogP contribution in [0.2, 0.25) is 0 Å². The molecule has 1 N–H and O–H groups in total. The van der Waals surface area contributed by atoms with Crippen molar-refractivity contribution < 1.29 is 14.3 Å². The molecule has 3 heterocycles. The molecule has 0 saturated heterocycles. The van der Waals surface area contributed by atoms with E-state index in [-0.39, 0.29) is 5.82 Å². The summed E-state index contributed by atoms with van der Waals surface area (Å²) in [4.78, 5) is 9.03. The quantitative estimate of drug-likeness (QED) is 0.251. The van der Waals surface area contributed by atoms with E-state index in [1.54, 1.807) is 24.2 Å². The number of aromatic nitrogens is 5. The standard InChI is InChI=1S/C26H25FN6O2/c1-18-15-32(17-28-18)22-9-7-19(13-23(22)35-2)8-10-24-30-25-26(16-29-34,11-4-12-33(25)31-24)20-5-3-6-21(27)14-20/h3,5-10,13-17,34H,4,11-12H2,1-2H3. The Hall–Kier alpha value is -4.27. The lowest BCUT2D eigenvalue weighted by Crippen LogP contribution is -2.37. The topological polar surface area (TPSA) is 90.4 Å². The van der Waals surface area contributed by atoms with Gasteiger partial charge in [0.1, 0.15) is 17.4 Å². The summed E-state index contributed by atoms with van der Waals surface area (Å²) < 4.78 is 23.4. The molecule has 1 unspecified atom stereocenters. The summed E-state index contributed by atoms with van der Waals surface area (Å²) in [5.41, 5.74) is 2.55. The molecule has 4 aromatic rings. The van der Waals surface area contributed by atoms with Crippen LogP contribution in [0.15, 0.2) is 60.1 Å². The minimum atomic E-state index is -0.859. The van der Waals surface area contributed by atoms with Crippen LogP contribution in [-0.2, 0) is 12.0 Å². The van der Waals surface area contributed by atoms with Gasteiger partial charge in [0, 0.05) is 12.7 Å². The number of imidazole rings is 1. The minimum Gasteiger partial charge on any atom is -0.495 e. The summed E-state index contributed by atoms with van der Waals surface area (Å²) >= 11 is 0. The third kappa shape index (κ3) is 4.21. The van der Waals surface area contributed by atoms with Gasteiger partial charge in [-0.05, 0) is 61.2 Å². The van der Waals surface area contributed by atoms with Crippen molar-refractivity contribution in [3.05, 3.63) is 89.3 Å². The summed E-state index contributed by atoms with van der Waals surface area (Å²) in [6.07, 6.45) is 10.3. The van der Waals surface area contributed by atoms with Gasteiger partial charge in [-0.2, -0.15) is 5.10 Å². The van der Waals surface area contributed by atoms with Crippen molar-refractivity contribution in [2.24, 2.45) is 5.16 Å². The van der Waals surface area contributed by atoms with Gasteiger partial charge in [0.05, 0.1) is 36.4 Å². The number of ether oxygens (including phenoxy) is 1. The van der Waals surface area contributed by atoms with Gasteiger partial charge in [-0.25, -0.2) is 19.0 Å². The van der Waals surface area contributed by atoms with Crippen molar-refractivity contribution in [3.63, 3.8) is 0 Å². The zero-order chi connectivity index (χ0) is 24.4. The predicted molar refractivity (Wildman–Crippen MR) is 130 cm³/mol. The number of hydrogen-bond donors (Lipinski definition) is 1. The smallest absolute Gasteiger partial charge is 0.174 e. The molecule has 1 aliphatic rings. The Morgan fingerprint density at radius 3 is 2.83 bits per heavy atom. The molecule has 2 aromatic heterocycles. The first kappa shape index (κ1) is 22.5. The van der Waals surface area contributed by atoms with Gasteiger partial charge in [0.15, 0.2) is 5.82 Å². The van der Waals surface area contributed by atoms with Crippen molar-refractivity contribution in [2.45, 2.75) is 31.7 Å². The van der Waals surface area contributed by atoms with Gasteiger partial charge >= 0.3 is 0 Å². The second-order valence-electron chi connectivity index (χ2n) is 8.53. The van der Waals surface area contributed by atoms with Gasteiger partial charge in [0.2, 0.25) is 0 Å². The number of nitrogens with zero attached hydrogens (tertiary/aromatic N) is 6. The van der Waals surface area contributed by atoms with E-state index < -0.39 is 5.41 Å². The van der Waals surface area contributed by atoms with E-state index in [0.29, 0.717) is 35.9 Å². The number of rotatable bonds is 6. The maximum absolute atomic E-state index is 14.0. The van der Waals surface area contributed by atoms with Crippen LogP contribution in [0.4, 0.5) is 4.39 Å². The SMILES string of the molecule is COc1cc(C=Cc2nc3n(n2)CCCC3(C=NO)c2cccc(F)c2)ccc1-n1cnc(C)c1. The normalized spacial score (nSPS) is 17.8. The molecule has 8 nitrogen and oxygen atoms in total. The van der Waals surface area contributed by atoms with Crippen molar-refractivity contribution >= 4 is 18.4 Å². The summed E-state index contributed by atoms with van der Waals surface area (Å²) in [6, 6.07) is 12.2. The molecule has 0 amide bonds. The van der Waals surface area contributed by atoms with Crippen molar-refractivity contribution in [3.8, 4) is 11.4 Å². The Bertz CT molecular complexity index is 1420. The molecular weight excluding hydrogens is 447 g/mol. The number of oxime groups is 1. The van der Waals surface area contributed by atoms with Crippen LogP contribution in [0, 0.1) is 12.7 Å². The third-order valence-corrected chi connectivity index (χ3v) is 6.26. The summed E-state index contributed by atoms with van der Waals surface area (Å²) in [5, 5.41) is 17.4. The van der Waals surface area contributed by atoms with Crippen LogP contribution in [0.3, 0.4) is 0 Å². The van der Waals surface area contributed by atoms with E-state index in [1.807, 2.05) is 54.1 Å². The average molecular weight is 473 g/mol. The largest absolute Gasteiger partial charge is 0.495 e. The maximum Gasteiger partial charge on any atom is 0.174 e. The van der Waals surface area contributed by atoms with Crippen LogP contribution < -0.4 is 4.74 Å². The van der Waals surface area contributed by atoms with Crippen LogP contribution in [0.25, 0.3) is 17.8 Å². The fraction of sp³-hybridized carbons (Fsp3) is 0.231. The molecule has 1 atom stereocenters. The lowest BCUT2D eigenvalue weighted by atomic mass is 9.75. The molecule has 35 heavy (non-hydrogen) atoms. The second kappa shape index (κ2) is 9.17. The zero-order valence-electron chi connectivity index (χ0n) is 19.5. The summed E-state index contributed by atoms with van der Waals surface area (Å²) in [6.45, 7) is 2.62. The molecule has 2 aromatic carbocycles. The first-order valence-corrected chi connectivity index (χ1v) is 11.3. The Balaban J connectivity index is 1.48. The summed E-state index contributed by atoms with van der Waals surface area (Å²) in [5.74, 6) is 1.50. The Morgan fingerprint density at radius 2 is 2.09 bits per heavy atom. The lowest BCUT2D eigenvalue weighted by molar-refractivity contribution is 0.312. The van der Waals surface area contributed by atoms with Crippen molar-refractivity contribution in [1.29, 1.82) is 0 Å². The number of hydrogen-bond acceptors (Lipinski definition) is 6. The van der Waals surface area contributed by atoms with E-state index in [4.69, 9.17) is 9.72 Å². The van der Waals surface area contributed by atoms with Gasteiger partial charge in [-0.1, -0.05) is 24.3 Å². The highest BCUT2D eigenvalue weighted by atomic mass is 19.1. The predicted octanol–water partition coefficient (Wildman–Crippen LogP) is 4.63. The molecule has 0 fully saturated rings. The molecule has 9 heteroatoms. The van der Waals surface area contributed by atoms with Gasteiger partial charge in [-0.15, -0.1) is 5.16 Å². The highest BCUT2D eigenvalue weighted by molar-refractivity contribution is 5.78. The Labute approximate surface area is 202 Å². The molecule has 5 rings (SSSR count). The molecule has 1 aliphatic heterocycles. The number of aryl methyl sites for hydroxylation is 2. The van der Waals surface area contributed by atoms with E-state index in [1.165, 1.54) is 18.3 Å². The zero-order valence-corrected chi connectivity index (χ0v) is 19.5. The van der Waals surface area contributed by atoms with E-state index in [9.17, 15) is 9.60 Å². The van der Waals surface area contributed by atoms with E-state index >= 15 is 0 Å². The average Bonchev–Trinajstić information content (AvgIpc) is 3.49. The first-order chi connectivity index (χ1) is 17.0. The molecule has 0 saturated carbocycles. The van der Waals surface area contributed by atoms with E-state index in [2.05, 4.69) is 15.2 Å². The van der Waals surface area contributed by atoms with Crippen LogP contribution in [0.5, 0.6) is 5.75 Å². The maximum atomic E-state index is 14.0. The highest BCUT2D eigenvalue weighted by Gasteiger charge is 2.41.